The lowest BCUT2D eigenvalue weighted by atomic mass is 10.1. The van der Waals surface area contributed by atoms with Gasteiger partial charge < -0.3 is 16.0 Å². The Morgan fingerprint density at radius 2 is 1.45 bits per heavy atom. The molecule has 0 spiro atoms. The molecule has 0 aromatic heterocycles. The molecule has 0 radical (unpaired) electrons. The zero-order valence-corrected chi connectivity index (χ0v) is 27.9. The molecule has 3 N–H and O–H groups in total. The van der Waals surface area contributed by atoms with E-state index in [9.17, 15) is 14.4 Å². The molecule has 0 aliphatic rings. The molecule has 0 bridgehead atoms. The SMILES string of the molecule is Cc1ccc(C)c(NC(=O)C(Sc2cccc(NC(=O)/C(=C\c3cccc(Cl)c3Cl)NC(=O)c3ccccc3)c2)c2ccccc2)c1. The van der Waals surface area contributed by atoms with Gasteiger partial charge in [0.05, 0.1) is 10.0 Å². The Morgan fingerprint density at radius 3 is 2.19 bits per heavy atom. The zero-order valence-electron chi connectivity index (χ0n) is 25.6. The lowest BCUT2D eigenvalue weighted by Gasteiger charge is -2.19. The van der Waals surface area contributed by atoms with Crippen molar-refractivity contribution in [3.8, 4) is 0 Å². The number of aryl methyl sites for hydroxylation is 2. The Hall–Kier alpha value is -4.82. The molecule has 1 unspecified atom stereocenters. The molecule has 47 heavy (non-hydrogen) atoms. The third-order valence-electron chi connectivity index (χ3n) is 7.15. The van der Waals surface area contributed by atoms with Crippen LogP contribution in [-0.2, 0) is 9.59 Å². The topological polar surface area (TPSA) is 87.3 Å². The van der Waals surface area contributed by atoms with E-state index in [4.69, 9.17) is 23.2 Å². The number of nitrogens with one attached hydrogen (secondary N) is 3. The van der Waals surface area contributed by atoms with Crippen molar-refractivity contribution in [2.24, 2.45) is 0 Å². The van der Waals surface area contributed by atoms with E-state index in [0.29, 0.717) is 21.8 Å². The monoisotopic (exact) mass is 679 g/mol. The molecular formula is C38H31Cl2N3O3S. The Kier molecular flexibility index (Phi) is 11.2. The maximum Gasteiger partial charge on any atom is 0.272 e. The summed E-state index contributed by atoms with van der Waals surface area (Å²) in [6, 6.07) is 36.3. The van der Waals surface area contributed by atoms with Gasteiger partial charge in [-0.1, -0.05) is 102 Å². The largest absolute Gasteiger partial charge is 0.325 e. The van der Waals surface area contributed by atoms with E-state index in [0.717, 1.165) is 27.3 Å². The third kappa shape index (κ3) is 8.92. The first-order chi connectivity index (χ1) is 22.7. The summed E-state index contributed by atoms with van der Waals surface area (Å²) in [5.74, 6) is -1.20. The van der Waals surface area contributed by atoms with Gasteiger partial charge in [0, 0.05) is 21.8 Å². The van der Waals surface area contributed by atoms with Crippen molar-refractivity contribution in [3.05, 3.63) is 165 Å². The molecule has 3 amide bonds. The number of rotatable bonds is 10. The first-order valence-corrected chi connectivity index (χ1v) is 16.3. The fraction of sp³-hybridized carbons (Fsp3) is 0.0789. The van der Waals surface area contributed by atoms with Crippen LogP contribution in [0.3, 0.4) is 0 Å². The minimum absolute atomic E-state index is 0.0314. The molecule has 0 saturated carbocycles. The molecule has 5 aromatic rings. The molecule has 5 aromatic carbocycles. The number of anilines is 2. The molecule has 0 heterocycles. The summed E-state index contributed by atoms with van der Waals surface area (Å²) in [6.07, 6.45) is 1.48. The van der Waals surface area contributed by atoms with Crippen LogP contribution in [-0.4, -0.2) is 17.7 Å². The highest BCUT2D eigenvalue weighted by molar-refractivity contribution is 8.00. The van der Waals surface area contributed by atoms with Crippen LogP contribution >= 0.6 is 35.0 Å². The van der Waals surface area contributed by atoms with Crippen molar-refractivity contribution in [2.75, 3.05) is 10.6 Å². The van der Waals surface area contributed by atoms with E-state index >= 15 is 0 Å². The van der Waals surface area contributed by atoms with Crippen LogP contribution in [0.15, 0.2) is 132 Å². The van der Waals surface area contributed by atoms with Crippen molar-refractivity contribution in [1.82, 2.24) is 5.32 Å². The second-order valence-electron chi connectivity index (χ2n) is 10.7. The molecule has 9 heteroatoms. The minimum Gasteiger partial charge on any atom is -0.325 e. The van der Waals surface area contributed by atoms with Crippen molar-refractivity contribution in [3.63, 3.8) is 0 Å². The lowest BCUT2D eigenvalue weighted by Crippen LogP contribution is -2.30. The summed E-state index contributed by atoms with van der Waals surface area (Å²) in [5.41, 5.74) is 4.89. The van der Waals surface area contributed by atoms with Gasteiger partial charge >= 0.3 is 0 Å². The van der Waals surface area contributed by atoms with Gasteiger partial charge in [0.15, 0.2) is 0 Å². The fourth-order valence-electron chi connectivity index (χ4n) is 4.68. The molecule has 0 aliphatic carbocycles. The Bertz CT molecular complexity index is 1950. The van der Waals surface area contributed by atoms with E-state index in [1.807, 2.05) is 68.4 Å². The number of hydrogen-bond donors (Lipinski definition) is 3. The van der Waals surface area contributed by atoms with Gasteiger partial charge in [0.25, 0.3) is 11.8 Å². The number of benzene rings is 5. The van der Waals surface area contributed by atoms with Crippen LogP contribution in [0, 0.1) is 13.8 Å². The van der Waals surface area contributed by atoms with Crippen LogP contribution in [0.4, 0.5) is 11.4 Å². The number of thioether (sulfide) groups is 1. The minimum atomic E-state index is -0.576. The highest BCUT2D eigenvalue weighted by Gasteiger charge is 2.23. The maximum absolute atomic E-state index is 13.7. The van der Waals surface area contributed by atoms with Gasteiger partial charge in [-0.25, -0.2) is 0 Å². The Morgan fingerprint density at radius 1 is 0.745 bits per heavy atom. The highest BCUT2D eigenvalue weighted by Crippen LogP contribution is 2.37. The number of hydrogen-bond acceptors (Lipinski definition) is 4. The van der Waals surface area contributed by atoms with Gasteiger partial charge in [-0.15, -0.1) is 11.8 Å². The third-order valence-corrected chi connectivity index (χ3v) is 9.23. The quantitative estimate of drug-likeness (QED) is 0.101. The van der Waals surface area contributed by atoms with E-state index in [1.165, 1.54) is 17.8 Å². The van der Waals surface area contributed by atoms with Crippen molar-refractivity contribution in [1.29, 1.82) is 0 Å². The number of amides is 3. The number of carbonyl (C=O) groups is 3. The van der Waals surface area contributed by atoms with Crippen LogP contribution in [0.25, 0.3) is 6.08 Å². The lowest BCUT2D eigenvalue weighted by molar-refractivity contribution is -0.116. The molecular weight excluding hydrogens is 649 g/mol. The van der Waals surface area contributed by atoms with Gasteiger partial charge in [-0.05, 0) is 84.6 Å². The first kappa shape index (κ1) is 33.5. The molecule has 0 aliphatic heterocycles. The van der Waals surface area contributed by atoms with Crippen LogP contribution in [0.2, 0.25) is 10.0 Å². The summed E-state index contributed by atoms with van der Waals surface area (Å²) < 4.78 is 0. The van der Waals surface area contributed by atoms with Crippen LogP contribution in [0.5, 0.6) is 0 Å². The van der Waals surface area contributed by atoms with E-state index < -0.39 is 17.1 Å². The molecule has 0 saturated heterocycles. The van der Waals surface area contributed by atoms with E-state index in [1.54, 1.807) is 66.7 Å². The standard InChI is InChI=1S/C38H31Cl2N3O3S/c1-24-19-20-25(2)32(21-24)42-38(46)35(26-11-5-3-6-12-26)47-30-17-10-16-29(23-30)41-37(45)33(22-28-15-9-18-31(39)34(28)40)43-36(44)27-13-7-4-8-14-27/h3-23,35H,1-2H3,(H,41,45)(H,42,46)(H,43,44)/b33-22+. The molecule has 5 rings (SSSR count). The van der Waals surface area contributed by atoms with Crippen LogP contribution in [0.1, 0.15) is 37.9 Å². The average Bonchev–Trinajstić information content (AvgIpc) is 3.08. The Balaban J connectivity index is 1.40. The van der Waals surface area contributed by atoms with Crippen LogP contribution < -0.4 is 16.0 Å². The summed E-state index contributed by atoms with van der Waals surface area (Å²) in [4.78, 5) is 41.2. The number of halogens is 2. The van der Waals surface area contributed by atoms with Gasteiger partial charge in [-0.3, -0.25) is 14.4 Å². The molecule has 0 fully saturated rings. The summed E-state index contributed by atoms with van der Waals surface area (Å²) in [5, 5.41) is 8.67. The van der Waals surface area contributed by atoms with Gasteiger partial charge in [0.2, 0.25) is 5.91 Å². The Labute approximate surface area is 288 Å². The van der Waals surface area contributed by atoms with Crippen molar-refractivity contribution < 1.29 is 14.4 Å². The second kappa shape index (κ2) is 15.6. The van der Waals surface area contributed by atoms with Gasteiger partial charge in [0.1, 0.15) is 10.9 Å². The average molecular weight is 681 g/mol. The predicted molar refractivity (Wildman–Crippen MR) is 193 cm³/mol. The first-order valence-electron chi connectivity index (χ1n) is 14.7. The second-order valence-corrected chi connectivity index (χ2v) is 12.7. The van der Waals surface area contributed by atoms with E-state index in [2.05, 4.69) is 16.0 Å². The van der Waals surface area contributed by atoms with Crippen molar-refractivity contribution in [2.45, 2.75) is 24.0 Å². The van der Waals surface area contributed by atoms with Gasteiger partial charge in [-0.2, -0.15) is 0 Å². The normalized spacial score (nSPS) is 11.8. The fourth-order valence-corrected chi connectivity index (χ4v) is 6.13. The summed E-state index contributed by atoms with van der Waals surface area (Å²) in [7, 11) is 0. The molecule has 6 nitrogen and oxygen atoms in total. The molecule has 1 atom stereocenters. The predicted octanol–water partition coefficient (Wildman–Crippen LogP) is 9.49. The molecule has 236 valence electrons. The summed E-state index contributed by atoms with van der Waals surface area (Å²) >= 11 is 14.0. The maximum atomic E-state index is 13.7. The smallest absolute Gasteiger partial charge is 0.272 e. The number of carbonyl (C=O) groups excluding carboxylic acids is 3. The highest BCUT2D eigenvalue weighted by atomic mass is 35.5. The zero-order chi connectivity index (χ0) is 33.3. The van der Waals surface area contributed by atoms with E-state index in [-0.39, 0.29) is 16.6 Å². The summed E-state index contributed by atoms with van der Waals surface area (Å²) in [6.45, 7) is 3.94. The van der Waals surface area contributed by atoms with Crippen molar-refractivity contribution >= 4 is 70.1 Å².